The van der Waals surface area contributed by atoms with E-state index in [9.17, 15) is 4.79 Å². The highest BCUT2D eigenvalue weighted by molar-refractivity contribution is 9.10. The number of carboxylic acid groups (broad SMARTS) is 1. The third kappa shape index (κ3) is 2.52. The highest BCUT2D eigenvalue weighted by Crippen LogP contribution is 2.26. The fourth-order valence-corrected chi connectivity index (χ4v) is 1.06. The van der Waals surface area contributed by atoms with Gasteiger partial charge in [-0.25, -0.2) is 10.3 Å². The third-order valence-corrected chi connectivity index (χ3v) is 1.81. The first kappa shape index (κ1) is 10.6. The molecule has 0 aliphatic rings. The van der Waals surface area contributed by atoms with Crippen LogP contribution in [0.5, 0.6) is 0 Å². The van der Waals surface area contributed by atoms with E-state index >= 15 is 0 Å². The summed E-state index contributed by atoms with van der Waals surface area (Å²) in [7, 11) is 0. The van der Waals surface area contributed by atoms with Gasteiger partial charge in [-0.1, -0.05) is 5.92 Å². The molecule has 0 radical (unpaired) electrons. The van der Waals surface area contributed by atoms with Crippen LogP contribution in [-0.2, 0) is 4.84 Å². The fourth-order valence-electron chi connectivity index (χ4n) is 0.687. The molecule has 0 fully saturated rings. The highest BCUT2D eigenvalue weighted by atomic mass is 79.9. The second-order valence-corrected chi connectivity index (χ2v) is 3.04. The Labute approximate surface area is 88.1 Å². The van der Waals surface area contributed by atoms with E-state index in [2.05, 4.69) is 27.3 Å². The Morgan fingerprint density at radius 1 is 1.86 bits per heavy atom. The molecular weight excluding hydrogens is 254 g/mol. The molecule has 0 aromatic carbocycles. The molecule has 0 saturated heterocycles. The number of hydrogen-bond donors (Lipinski definition) is 2. The van der Waals surface area contributed by atoms with Gasteiger partial charge < -0.3 is 9.52 Å². The lowest BCUT2D eigenvalue weighted by molar-refractivity contribution is 0.0662. The molecule has 0 atom stereocenters. The molecule has 6 heteroatoms. The zero-order valence-electron chi connectivity index (χ0n) is 6.91. The number of furan rings is 1. The number of hydrogen-bond acceptors (Lipinski definition) is 4. The predicted octanol–water partition coefficient (Wildman–Crippen LogP) is 1.72. The minimum Gasteiger partial charge on any atom is -0.475 e. The van der Waals surface area contributed by atoms with Crippen LogP contribution in [0.3, 0.4) is 0 Å². The quantitative estimate of drug-likeness (QED) is 0.490. The van der Waals surface area contributed by atoms with E-state index in [4.69, 9.17) is 20.8 Å². The summed E-state index contributed by atoms with van der Waals surface area (Å²) in [6.07, 6.45) is 4.93. The summed E-state index contributed by atoms with van der Waals surface area (Å²) in [5.74, 6) is 1.05. The number of anilines is 1. The third-order valence-electron chi connectivity index (χ3n) is 1.22. The van der Waals surface area contributed by atoms with E-state index in [0.29, 0.717) is 4.47 Å². The minimum atomic E-state index is -1.16. The molecule has 0 spiro atoms. The van der Waals surface area contributed by atoms with Crippen molar-refractivity contribution in [2.24, 2.45) is 0 Å². The maximum Gasteiger partial charge on any atom is 0.371 e. The second kappa shape index (κ2) is 4.69. The summed E-state index contributed by atoms with van der Waals surface area (Å²) in [4.78, 5) is 15.2. The van der Waals surface area contributed by atoms with Crippen LogP contribution in [0.15, 0.2) is 15.0 Å². The molecule has 1 heterocycles. The normalized spacial score (nSPS) is 9.43. The number of carboxylic acids is 1. The zero-order valence-corrected chi connectivity index (χ0v) is 8.50. The first-order chi connectivity index (χ1) is 6.65. The average Bonchev–Trinajstić information content (AvgIpc) is 2.49. The van der Waals surface area contributed by atoms with E-state index in [1.54, 1.807) is 0 Å². The van der Waals surface area contributed by atoms with Crippen molar-refractivity contribution in [2.45, 2.75) is 0 Å². The van der Waals surface area contributed by atoms with Gasteiger partial charge in [0.05, 0.1) is 4.47 Å². The van der Waals surface area contributed by atoms with Crippen LogP contribution in [0.4, 0.5) is 5.88 Å². The fraction of sp³-hybridized carbons (Fsp3) is 0.125. The van der Waals surface area contributed by atoms with Crippen molar-refractivity contribution in [3.63, 3.8) is 0 Å². The van der Waals surface area contributed by atoms with Gasteiger partial charge in [-0.2, -0.15) is 0 Å². The van der Waals surface area contributed by atoms with Crippen LogP contribution in [0.1, 0.15) is 10.6 Å². The monoisotopic (exact) mass is 259 g/mol. The molecule has 1 aromatic rings. The Kier molecular flexibility index (Phi) is 3.56. The molecule has 1 aromatic heterocycles. The van der Waals surface area contributed by atoms with Crippen molar-refractivity contribution in [2.75, 3.05) is 12.1 Å². The summed E-state index contributed by atoms with van der Waals surface area (Å²) in [6.45, 7) is 0.0511. The summed E-state index contributed by atoms with van der Waals surface area (Å²) < 4.78 is 5.32. The van der Waals surface area contributed by atoms with Gasteiger partial charge in [0.25, 0.3) is 0 Å². The molecule has 0 aliphatic heterocycles. The molecule has 2 N–H and O–H groups in total. The minimum absolute atomic E-state index is 0.0511. The van der Waals surface area contributed by atoms with Crippen molar-refractivity contribution < 1.29 is 19.2 Å². The number of aromatic carboxylic acids is 1. The van der Waals surface area contributed by atoms with Gasteiger partial charge in [0, 0.05) is 6.07 Å². The number of rotatable bonds is 4. The number of nitrogens with one attached hydrogen (secondary N) is 1. The van der Waals surface area contributed by atoms with E-state index in [1.165, 1.54) is 6.07 Å². The molecule has 0 unspecified atom stereocenters. The van der Waals surface area contributed by atoms with E-state index in [0.717, 1.165) is 0 Å². The molecule has 1 rings (SSSR count). The Morgan fingerprint density at radius 2 is 2.57 bits per heavy atom. The van der Waals surface area contributed by atoms with E-state index < -0.39 is 5.97 Å². The van der Waals surface area contributed by atoms with Gasteiger partial charge in [-0.3, -0.25) is 4.84 Å². The molecule has 14 heavy (non-hydrogen) atoms. The van der Waals surface area contributed by atoms with Crippen LogP contribution < -0.4 is 5.48 Å². The number of carbonyl (C=O) groups is 1. The van der Waals surface area contributed by atoms with Crippen LogP contribution in [-0.4, -0.2) is 17.7 Å². The molecule has 5 nitrogen and oxygen atoms in total. The summed E-state index contributed by atoms with van der Waals surface area (Å²) in [6, 6.07) is 1.31. The molecular formula is C8H6BrNO4. The summed E-state index contributed by atoms with van der Waals surface area (Å²) >= 11 is 3.09. The van der Waals surface area contributed by atoms with Crippen LogP contribution in [0.25, 0.3) is 0 Å². The highest BCUT2D eigenvalue weighted by Gasteiger charge is 2.13. The maximum atomic E-state index is 10.5. The first-order valence-electron chi connectivity index (χ1n) is 3.49. The lowest BCUT2D eigenvalue weighted by Gasteiger charge is -1.99. The Hall–Kier alpha value is -1.45. The van der Waals surface area contributed by atoms with Crippen LogP contribution >= 0.6 is 15.9 Å². The Balaban J connectivity index is 2.69. The van der Waals surface area contributed by atoms with Crippen molar-refractivity contribution >= 4 is 27.8 Å². The topological polar surface area (TPSA) is 71.7 Å². The van der Waals surface area contributed by atoms with Crippen LogP contribution in [0.2, 0.25) is 0 Å². The number of halogens is 1. The Bertz CT molecular complexity index is 379. The summed E-state index contributed by atoms with van der Waals surface area (Å²) in [5.41, 5.74) is 2.37. The van der Waals surface area contributed by atoms with Crippen molar-refractivity contribution in [1.29, 1.82) is 0 Å². The Morgan fingerprint density at radius 3 is 3.07 bits per heavy atom. The van der Waals surface area contributed by atoms with E-state index in [1.807, 2.05) is 0 Å². The summed E-state index contributed by atoms with van der Waals surface area (Å²) in [5, 5.41) is 8.58. The molecule has 0 aliphatic carbocycles. The van der Waals surface area contributed by atoms with Gasteiger partial charge in [0.2, 0.25) is 11.6 Å². The van der Waals surface area contributed by atoms with Gasteiger partial charge in [-0.15, -0.1) is 6.42 Å². The number of terminal acetylenes is 1. The van der Waals surface area contributed by atoms with E-state index in [-0.39, 0.29) is 18.3 Å². The standard InChI is InChI=1S/C8H6BrNO4/c1-2-3-13-10-7-5(9)4-6(14-7)8(11)12/h1,4,10H,3H2,(H,11,12). The van der Waals surface area contributed by atoms with Crippen LogP contribution in [0, 0.1) is 12.3 Å². The second-order valence-electron chi connectivity index (χ2n) is 2.19. The first-order valence-corrected chi connectivity index (χ1v) is 4.28. The van der Waals surface area contributed by atoms with Gasteiger partial charge in [0.15, 0.2) is 0 Å². The molecule has 0 saturated carbocycles. The molecule has 74 valence electrons. The predicted molar refractivity (Wildman–Crippen MR) is 51.8 cm³/mol. The maximum absolute atomic E-state index is 10.5. The SMILES string of the molecule is C#CCONc1oc(C(=O)O)cc1Br. The average molecular weight is 260 g/mol. The van der Waals surface area contributed by atoms with Gasteiger partial charge >= 0.3 is 5.97 Å². The van der Waals surface area contributed by atoms with Gasteiger partial charge in [-0.05, 0) is 15.9 Å². The smallest absolute Gasteiger partial charge is 0.371 e. The lowest BCUT2D eigenvalue weighted by atomic mass is 10.5. The lowest BCUT2D eigenvalue weighted by Crippen LogP contribution is -2.00. The van der Waals surface area contributed by atoms with Crippen molar-refractivity contribution in [1.82, 2.24) is 0 Å². The van der Waals surface area contributed by atoms with Crippen molar-refractivity contribution in [3.05, 3.63) is 16.3 Å². The largest absolute Gasteiger partial charge is 0.475 e. The molecule has 0 bridgehead atoms. The van der Waals surface area contributed by atoms with Gasteiger partial charge in [0.1, 0.15) is 6.61 Å². The molecule has 0 amide bonds. The zero-order chi connectivity index (χ0) is 10.6. The van der Waals surface area contributed by atoms with Crippen molar-refractivity contribution in [3.8, 4) is 12.3 Å².